The number of aldehydes is 1. The average molecular weight is 263 g/mol. The molecule has 5 heteroatoms. The van der Waals surface area contributed by atoms with Crippen LogP contribution in [0.5, 0.6) is 0 Å². The van der Waals surface area contributed by atoms with Crippen LogP contribution in [0.3, 0.4) is 0 Å². The zero-order valence-corrected chi connectivity index (χ0v) is 11.5. The van der Waals surface area contributed by atoms with Crippen molar-refractivity contribution in [3.8, 4) is 0 Å². The van der Waals surface area contributed by atoms with Gasteiger partial charge >= 0.3 is 0 Å². The summed E-state index contributed by atoms with van der Waals surface area (Å²) < 4.78 is 1.89. The van der Waals surface area contributed by atoms with E-state index in [9.17, 15) is 4.79 Å². The van der Waals surface area contributed by atoms with E-state index in [2.05, 4.69) is 23.7 Å². The molecule has 1 saturated heterocycles. The van der Waals surface area contributed by atoms with E-state index in [-0.39, 0.29) is 0 Å². The van der Waals surface area contributed by atoms with Crippen LogP contribution in [-0.2, 0) is 0 Å². The molecule has 1 fully saturated rings. The van der Waals surface area contributed by atoms with Crippen LogP contribution >= 0.6 is 11.3 Å². The molecule has 3 rings (SSSR count). The smallest absolute Gasteiger partial charge is 0.196 e. The highest BCUT2D eigenvalue weighted by atomic mass is 32.1. The molecule has 0 amide bonds. The fraction of sp³-hybridized carbons (Fsp3) is 0.538. The number of carbonyl (C=O) groups is 1. The van der Waals surface area contributed by atoms with Crippen molar-refractivity contribution in [1.29, 1.82) is 0 Å². The monoisotopic (exact) mass is 263 g/mol. The normalized spacial score (nSPS) is 24.7. The van der Waals surface area contributed by atoms with Gasteiger partial charge in [-0.15, -0.1) is 11.3 Å². The molecular formula is C13H17N3OS. The first-order chi connectivity index (χ1) is 8.69. The SMILES string of the molecule is CC1CC(C)CN(c2nc3sccn3c2C=O)C1. The molecule has 0 aromatic carbocycles. The van der Waals surface area contributed by atoms with Crippen LogP contribution in [-0.4, -0.2) is 28.8 Å². The van der Waals surface area contributed by atoms with Crippen LogP contribution < -0.4 is 4.90 Å². The van der Waals surface area contributed by atoms with Gasteiger partial charge in [0.15, 0.2) is 17.1 Å². The van der Waals surface area contributed by atoms with Gasteiger partial charge in [-0.2, -0.15) is 0 Å². The fourth-order valence-electron chi connectivity index (χ4n) is 2.97. The van der Waals surface area contributed by atoms with Gasteiger partial charge < -0.3 is 4.90 Å². The minimum Gasteiger partial charge on any atom is -0.354 e. The van der Waals surface area contributed by atoms with Gasteiger partial charge in [0.05, 0.1) is 0 Å². The quantitative estimate of drug-likeness (QED) is 0.782. The Morgan fingerprint density at radius 3 is 2.78 bits per heavy atom. The van der Waals surface area contributed by atoms with E-state index in [0.29, 0.717) is 17.5 Å². The van der Waals surface area contributed by atoms with Crippen molar-refractivity contribution in [2.75, 3.05) is 18.0 Å². The second-order valence-corrected chi connectivity index (χ2v) is 6.22. The van der Waals surface area contributed by atoms with Gasteiger partial charge in [-0.05, 0) is 18.3 Å². The third-order valence-electron chi connectivity index (χ3n) is 3.56. The first-order valence-electron chi connectivity index (χ1n) is 6.34. The number of nitrogens with zero attached hydrogens (tertiary/aromatic N) is 3. The Bertz CT molecular complexity index is 564. The number of fused-ring (bicyclic) bond motifs is 1. The Labute approximate surface area is 110 Å². The van der Waals surface area contributed by atoms with E-state index in [1.54, 1.807) is 11.3 Å². The zero-order valence-electron chi connectivity index (χ0n) is 10.7. The number of rotatable bonds is 2. The summed E-state index contributed by atoms with van der Waals surface area (Å²) in [5.41, 5.74) is 0.688. The van der Waals surface area contributed by atoms with Gasteiger partial charge in [0.2, 0.25) is 0 Å². The second kappa shape index (κ2) is 4.39. The van der Waals surface area contributed by atoms with Gasteiger partial charge in [-0.1, -0.05) is 13.8 Å². The minimum atomic E-state index is 0.660. The van der Waals surface area contributed by atoms with Crippen LogP contribution in [0.2, 0.25) is 0 Å². The van der Waals surface area contributed by atoms with E-state index >= 15 is 0 Å². The van der Waals surface area contributed by atoms with Crippen molar-refractivity contribution in [1.82, 2.24) is 9.38 Å². The Kier molecular flexibility index (Phi) is 2.86. The molecule has 0 bridgehead atoms. The van der Waals surface area contributed by atoms with Crippen LogP contribution in [0.25, 0.3) is 4.96 Å². The summed E-state index contributed by atoms with van der Waals surface area (Å²) in [7, 11) is 0. The number of piperidine rings is 1. The molecule has 18 heavy (non-hydrogen) atoms. The lowest BCUT2D eigenvalue weighted by atomic mass is 9.92. The van der Waals surface area contributed by atoms with E-state index in [1.165, 1.54) is 6.42 Å². The maximum Gasteiger partial charge on any atom is 0.196 e. The molecular weight excluding hydrogens is 246 g/mol. The van der Waals surface area contributed by atoms with Crippen LogP contribution in [0.4, 0.5) is 5.82 Å². The molecule has 0 aliphatic carbocycles. The molecule has 96 valence electrons. The maximum absolute atomic E-state index is 11.3. The molecule has 0 radical (unpaired) electrons. The highest BCUT2D eigenvalue weighted by molar-refractivity contribution is 7.15. The molecule has 2 aromatic rings. The number of hydrogen-bond donors (Lipinski definition) is 0. The van der Waals surface area contributed by atoms with E-state index in [1.807, 2.05) is 16.0 Å². The lowest BCUT2D eigenvalue weighted by Crippen LogP contribution is -2.39. The van der Waals surface area contributed by atoms with E-state index < -0.39 is 0 Å². The van der Waals surface area contributed by atoms with Gasteiger partial charge in [0, 0.05) is 24.7 Å². The molecule has 4 nitrogen and oxygen atoms in total. The Morgan fingerprint density at radius 2 is 2.11 bits per heavy atom. The number of imidazole rings is 1. The molecule has 0 spiro atoms. The van der Waals surface area contributed by atoms with Crippen LogP contribution in [0.1, 0.15) is 30.8 Å². The van der Waals surface area contributed by atoms with Gasteiger partial charge in [0.1, 0.15) is 5.69 Å². The molecule has 0 N–H and O–H groups in total. The predicted octanol–water partition coefficient (Wildman–Crippen LogP) is 2.69. The summed E-state index contributed by atoms with van der Waals surface area (Å²) in [4.78, 5) is 19.1. The average Bonchev–Trinajstić information content (AvgIpc) is 2.86. The fourth-order valence-corrected chi connectivity index (χ4v) is 3.69. The molecule has 2 atom stereocenters. The molecule has 2 unspecified atom stereocenters. The molecule has 0 saturated carbocycles. The van der Waals surface area contributed by atoms with Crippen molar-refractivity contribution in [2.24, 2.45) is 11.8 Å². The number of hydrogen-bond acceptors (Lipinski definition) is 4. The van der Waals surface area contributed by atoms with Gasteiger partial charge in [-0.25, -0.2) is 4.98 Å². The summed E-state index contributed by atoms with van der Waals surface area (Å²) >= 11 is 1.57. The first kappa shape index (κ1) is 11.7. The van der Waals surface area contributed by atoms with Crippen LogP contribution in [0.15, 0.2) is 11.6 Å². The zero-order chi connectivity index (χ0) is 12.7. The predicted molar refractivity (Wildman–Crippen MR) is 73.6 cm³/mol. The van der Waals surface area contributed by atoms with E-state index in [4.69, 9.17) is 0 Å². The second-order valence-electron chi connectivity index (χ2n) is 5.35. The largest absolute Gasteiger partial charge is 0.354 e. The summed E-state index contributed by atoms with van der Waals surface area (Å²) in [6.07, 6.45) is 4.10. The standard InChI is InChI=1S/C13H17N3OS/c1-9-5-10(2)7-15(6-9)12-11(8-17)16-3-4-18-13(16)14-12/h3-4,8-10H,5-7H2,1-2H3. The highest BCUT2D eigenvalue weighted by Crippen LogP contribution is 2.29. The lowest BCUT2D eigenvalue weighted by molar-refractivity contribution is 0.111. The van der Waals surface area contributed by atoms with Crippen molar-refractivity contribution >= 4 is 28.4 Å². The van der Waals surface area contributed by atoms with Crippen molar-refractivity contribution in [2.45, 2.75) is 20.3 Å². The van der Waals surface area contributed by atoms with Gasteiger partial charge in [0.25, 0.3) is 0 Å². The first-order valence-corrected chi connectivity index (χ1v) is 7.22. The number of carbonyl (C=O) groups excluding carboxylic acids is 1. The molecule has 1 aliphatic heterocycles. The molecule has 2 aromatic heterocycles. The summed E-state index contributed by atoms with van der Waals surface area (Å²) in [6, 6.07) is 0. The third kappa shape index (κ3) is 1.82. The maximum atomic E-state index is 11.3. The molecule has 1 aliphatic rings. The van der Waals surface area contributed by atoms with Gasteiger partial charge in [-0.3, -0.25) is 9.20 Å². The van der Waals surface area contributed by atoms with Crippen molar-refractivity contribution in [3.05, 3.63) is 17.3 Å². The number of aromatic nitrogens is 2. The highest BCUT2D eigenvalue weighted by Gasteiger charge is 2.26. The summed E-state index contributed by atoms with van der Waals surface area (Å²) in [6.45, 7) is 6.52. The third-order valence-corrected chi connectivity index (χ3v) is 4.32. The summed E-state index contributed by atoms with van der Waals surface area (Å²) in [5.74, 6) is 2.18. The van der Waals surface area contributed by atoms with Crippen LogP contribution in [0, 0.1) is 11.8 Å². The van der Waals surface area contributed by atoms with Crippen molar-refractivity contribution < 1.29 is 4.79 Å². The van der Waals surface area contributed by atoms with Crippen molar-refractivity contribution in [3.63, 3.8) is 0 Å². The molecule has 3 heterocycles. The Hall–Kier alpha value is -1.36. The van der Waals surface area contributed by atoms with E-state index in [0.717, 1.165) is 30.2 Å². The topological polar surface area (TPSA) is 37.6 Å². The lowest BCUT2D eigenvalue weighted by Gasteiger charge is -2.35. The number of anilines is 1. The Morgan fingerprint density at radius 1 is 1.39 bits per heavy atom. The summed E-state index contributed by atoms with van der Waals surface area (Å²) in [5, 5.41) is 1.96. The minimum absolute atomic E-state index is 0.660. The Balaban J connectivity index is 2.02. The number of thiazole rings is 1.